The first-order valence-electron chi connectivity index (χ1n) is 9.60. The molecule has 0 bridgehead atoms. The lowest BCUT2D eigenvalue weighted by Gasteiger charge is -2.19. The number of anilines is 1. The molecule has 1 atom stereocenters. The van der Waals surface area contributed by atoms with Crippen LogP contribution in [0.3, 0.4) is 0 Å². The third kappa shape index (κ3) is 6.65. The van der Waals surface area contributed by atoms with Gasteiger partial charge >= 0.3 is 0 Å². The molecule has 0 saturated carbocycles. The Morgan fingerprint density at radius 2 is 1.65 bits per heavy atom. The average Bonchev–Trinajstić information content (AvgIpc) is 2.79. The minimum atomic E-state index is -0.591. The molecule has 2 aromatic carbocycles. The van der Waals surface area contributed by atoms with Gasteiger partial charge in [-0.15, -0.1) is 0 Å². The van der Waals surface area contributed by atoms with Crippen molar-refractivity contribution in [2.75, 3.05) is 11.9 Å². The standard InChI is InChI=1S/C23H21ClN4O3/c24-19-11-5-4-10-18(19)23(31)28-20(16-7-2-1-3-8-16)13-21(29)26-15-22(30)27-17-9-6-12-25-14-17/h1-12,14,20H,13,15H2,(H,26,29)(H,27,30)(H,28,31). The highest BCUT2D eigenvalue weighted by atomic mass is 35.5. The second kappa shape index (κ2) is 10.9. The number of carbonyl (C=O) groups is 3. The summed E-state index contributed by atoms with van der Waals surface area (Å²) in [4.78, 5) is 41.1. The highest BCUT2D eigenvalue weighted by Crippen LogP contribution is 2.20. The summed E-state index contributed by atoms with van der Waals surface area (Å²) in [6.45, 7) is -0.201. The fraction of sp³-hybridized carbons (Fsp3) is 0.130. The second-order valence-corrected chi connectivity index (χ2v) is 7.09. The highest BCUT2D eigenvalue weighted by molar-refractivity contribution is 6.33. The Balaban J connectivity index is 1.62. The Morgan fingerprint density at radius 3 is 2.35 bits per heavy atom. The molecule has 0 aliphatic rings. The van der Waals surface area contributed by atoms with Gasteiger partial charge in [0.25, 0.3) is 5.91 Å². The van der Waals surface area contributed by atoms with Crippen LogP contribution in [0.5, 0.6) is 0 Å². The SMILES string of the molecule is O=C(CC(NC(=O)c1ccccc1Cl)c1ccccc1)NCC(=O)Nc1cccnc1. The van der Waals surface area contributed by atoms with Gasteiger partial charge in [-0.1, -0.05) is 54.1 Å². The third-order valence-electron chi connectivity index (χ3n) is 4.41. The predicted molar refractivity (Wildman–Crippen MR) is 119 cm³/mol. The molecule has 31 heavy (non-hydrogen) atoms. The lowest BCUT2D eigenvalue weighted by Crippen LogP contribution is -2.37. The number of hydrogen-bond donors (Lipinski definition) is 3. The minimum absolute atomic E-state index is 0.0413. The molecule has 7 nitrogen and oxygen atoms in total. The number of nitrogens with one attached hydrogen (secondary N) is 3. The van der Waals surface area contributed by atoms with Gasteiger partial charge in [-0.05, 0) is 29.8 Å². The van der Waals surface area contributed by atoms with Crippen molar-refractivity contribution < 1.29 is 14.4 Å². The lowest BCUT2D eigenvalue weighted by molar-refractivity contribution is -0.124. The number of benzene rings is 2. The van der Waals surface area contributed by atoms with Crippen molar-refractivity contribution in [3.8, 4) is 0 Å². The van der Waals surface area contributed by atoms with Gasteiger partial charge in [-0.2, -0.15) is 0 Å². The van der Waals surface area contributed by atoms with Crippen molar-refractivity contribution in [3.63, 3.8) is 0 Å². The summed E-state index contributed by atoms with van der Waals surface area (Å²) < 4.78 is 0. The van der Waals surface area contributed by atoms with Crippen molar-refractivity contribution >= 4 is 35.0 Å². The first kappa shape index (κ1) is 22.0. The van der Waals surface area contributed by atoms with Crippen molar-refractivity contribution in [3.05, 3.63) is 95.3 Å². The number of hydrogen-bond acceptors (Lipinski definition) is 4. The quantitative estimate of drug-likeness (QED) is 0.504. The van der Waals surface area contributed by atoms with Crippen LogP contribution < -0.4 is 16.0 Å². The Hall–Kier alpha value is -3.71. The summed E-state index contributed by atoms with van der Waals surface area (Å²) in [6.07, 6.45) is 3.06. The van der Waals surface area contributed by atoms with Crippen LogP contribution >= 0.6 is 11.6 Å². The smallest absolute Gasteiger partial charge is 0.253 e. The summed E-state index contributed by atoms with van der Waals surface area (Å²) in [5.74, 6) is -1.14. The Labute approximate surface area is 184 Å². The number of carbonyl (C=O) groups excluding carboxylic acids is 3. The second-order valence-electron chi connectivity index (χ2n) is 6.69. The number of nitrogens with zero attached hydrogens (tertiary/aromatic N) is 1. The lowest BCUT2D eigenvalue weighted by atomic mass is 10.0. The maximum absolute atomic E-state index is 12.7. The maximum Gasteiger partial charge on any atom is 0.253 e. The Kier molecular flexibility index (Phi) is 7.73. The normalized spacial score (nSPS) is 11.3. The van der Waals surface area contributed by atoms with E-state index in [2.05, 4.69) is 20.9 Å². The monoisotopic (exact) mass is 436 g/mol. The summed E-state index contributed by atoms with van der Waals surface area (Å²) in [5.41, 5.74) is 1.62. The molecule has 1 unspecified atom stereocenters. The van der Waals surface area contributed by atoms with E-state index in [1.54, 1.807) is 42.6 Å². The number of halogens is 1. The number of rotatable bonds is 8. The molecule has 0 aliphatic heterocycles. The van der Waals surface area contributed by atoms with E-state index in [9.17, 15) is 14.4 Å². The van der Waals surface area contributed by atoms with Crippen molar-refractivity contribution in [2.24, 2.45) is 0 Å². The predicted octanol–water partition coefficient (Wildman–Crippen LogP) is 3.35. The van der Waals surface area contributed by atoms with Gasteiger partial charge in [0, 0.05) is 6.20 Å². The third-order valence-corrected chi connectivity index (χ3v) is 4.74. The minimum Gasteiger partial charge on any atom is -0.347 e. The molecule has 0 aliphatic carbocycles. The van der Waals surface area contributed by atoms with Crippen LogP contribution in [0.15, 0.2) is 79.1 Å². The average molecular weight is 437 g/mol. The molecule has 0 spiro atoms. The molecule has 1 heterocycles. The topological polar surface area (TPSA) is 100 Å². The number of amides is 3. The first-order chi connectivity index (χ1) is 15.0. The van der Waals surface area contributed by atoms with Crippen LogP contribution in [0.4, 0.5) is 5.69 Å². The first-order valence-corrected chi connectivity index (χ1v) is 9.97. The van der Waals surface area contributed by atoms with Gasteiger partial charge in [0.2, 0.25) is 11.8 Å². The summed E-state index contributed by atoms with van der Waals surface area (Å²) in [6, 6.07) is 18.6. The summed E-state index contributed by atoms with van der Waals surface area (Å²) >= 11 is 6.12. The summed E-state index contributed by atoms with van der Waals surface area (Å²) in [5, 5.41) is 8.40. The molecule has 158 valence electrons. The van der Waals surface area contributed by atoms with Crippen LogP contribution in [0.2, 0.25) is 5.02 Å². The van der Waals surface area contributed by atoms with E-state index in [4.69, 9.17) is 11.6 Å². The van der Waals surface area contributed by atoms with E-state index < -0.39 is 6.04 Å². The molecule has 8 heteroatoms. The molecule has 3 aromatic rings. The van der Waals surface area contributed by atoms with Crippen LogP contribution in [-0.4, -0.2) is 29.3 Å². The zero-order valence-electron chi connectivity index (χ0n) is 16.5. The van der Waals surface area contributed by atoms with Gasteiger partial charge in [-0.25, -0.2) is 0 Å². The Morgan fingerprint density at radius 1 is 0.903 bits per heavy atom. The fourth-order valence-corrected chi connectivity index (χ4v) is 3.12. The van der Waals surface area contributed by atoms with Gasteiger partial charge in [0.05, 0.1) is 41.5 Å². The van der Waals surface area contributed by atoms with Gasteiger partial charge in [0.15, 0.2) is 0 Å². The highest BCUT2D eigenvalue weighted by Gasteiger charge is 2.20. The van der Waals surface area contributed by atoms with Crippen LogP contribution in [-0.2, 0) is 9.59 Å². The maximum atomic E-state index is 12.7. The molecule has 1 aromatic heterocycles. The number of aromatic nitrogens is 1. The fourth-order valence-electron chi connectivity index (χ4n) is 2.90. The van der Waals surface area contributed by atoms with Gasteiger partial charge < -0.3 is 16.0 Å². The van der Waals surface area contributed by atoms with Gasteiger partial charge in [-0.3, -0.25) is 19.4 Å². The van der Waals surface area contributed by atoms with Gasteiger partial charge in [0.1, 0.15) is 0 Å². The van der Waals surface area contributed by atoms with E-state index in [1.165, 1.54) is 6.20 Å². The van der Waals surface area contributed by atoms with E-state index >= 15 is 0 Å². The van der Waals surface area contributed by atoms with Crippen LogP contribution in [0, 0.1) is 0 Å². The van der Waals surface area contributed by atoms with Crippen molar-refractivity contribution in [2.45, 2.75) is 12.5 Å². The van der Waals surface area contributed by atoms with Crippen molar-refractivity contribution in [1.29, 1.82) is 0 Å². The largest absolute Gasteiger partial charge is 0.347 e. The van der Waals surface area contributed by atoms with Crippen molar-refractivity contribution in [1.82, 2.24) is 15.6 Å². The van der Waals surface area contributed by atoms with E-state index in [-0.39, 0.29) is 30.7 Å². The zero-order valence-corrected chi connectivity index (χ0v) is 17.3. The number of pyridine rings is 1. The summed E-state index contributed by atoms with van der Waals surface area (Å²) in [7, 11) is 0. The molecular formula is C23H21ClN4O3. The van der Waals surface area contributed by atoms with Crippen LogP contribution in [0.1, 0.15) is 28.4 Å². The van der Waals surface area contributed by atoms with E-state index in [0.29, 0.717) is 16.3 Å². The molecule has 0 fully saturated rings. The Bertz CT molecular complexity index is 1040. The molecular weight excluding hydrogens is 416 g/mol. The molecule has 3 rings (SSSR count). The molecule has 0 saturated heterocycles. The van der Waals surface area contributed by atoms with E-state index in [0.717, 1.165) is 5.56 Å². The molecule has 3 amide bonds. The molecule has 3 N–H and O–H groups in total. The van der Waals surface area contributed by atoms with E-state index in [1.807, 2.05) is 30.3 Å². The zero-order chi connectivity index (χ0) is 22.1. The molecule has 0 radical (unpaired) electrons. The van der Waals surface area contributed by atoms with Crippen LogP contribution in [0.25, 0.3) is 0 Å².